The van der Waals surface area contributed by atoms with Crippen LogP contribution in [0.4, 0.5) is 10.1 Å². The number of nitrogens with zero attached hydrogens (tertiary/aromatic N) is 5. The standard InChI is InChI=1S/C25H28FN7O3/c1-14(27)19(10-28-2)21-12-33-23-20(11-30-33)15-6-16(26)8-17(7-15)29-4-5-32-18(13-36-24(21)31-23)9-22(35-3)25(32)34/h6-8,10-12,18,22,29H,4-5,9,13,27H2,1-3H3/b19-14+,28-10?/t18-,22+/m0/s1. The van der Waals surface area contributed by atoms with Gasteiger partial charge < -0.3 is 25.4 Å². The number of aromatic nitrogens is 3. The number of methoxy groups -OCH3 is 1. The second kappa shape index (κ2) is 9.57. The quantitative estimate of drug-likeness (QED) is 0.538. The van der Waals surface area contributed by atoms with Crippen molar-refractivity contribution in [2.24, 2.45) is 10.7 Å². The first-order valence-electron chi connectivity index (χ1n) is 11.7. The number of allylic oxidation sites excluding steroid dienone is 2. The maximum absolute atomic E-state index is 14.6. The largest absolute Gasteiger partial charge is 0.475 e. The number of hydrogen-bond acceptors (Lipinski definition) is 8. The Kier molecular flexibility index (Phi) is 6.31. The number of nitrogens with one attached hydrogen (secondary N) is 1. The van der Waals surface area contributed by atoms with Crippen molar-refractivity contribution >= 4 is 29.0 Å². The van der Waals surface area contributed by atoms with Gasteiger partial charge >= 0.3 is 0 Å². The molecule has 3 N–H and O–H groups in total. The second-order valence-electron chi connectivity index (χ2n) is 8.88. The van der Waals surface area contributed by atoms with E-state index in [2.05, 4.69) is 15.4 Å². The highest BCUT2D eigenvalue weighted by Crippen LogP contribution is 2.32. The Hall–Kier alpha value is -3.99. The minimum absolute atomic E-state index is 0.0989. The molecule has 2 aliphatic heterocycles. The number of hydrogen-bond donors (Lipinski definition) is 2. The smallest absolute Gasteiger partial charge is 0.252 e. The van der Waals surface area contributed by atoms with Gasteiger partial charge in [-0.25, -0.2) is 8.91 Å². The molecule has 0 spiro atoms. The summed E-state index contributed by atoms with van der Waals surface area (Å²) >= 11 is 0. The number of nitrogens with two attached hydrogens (primary N) is 1. The van der Waals surface area contributed by atoms with Crippen molar-refractivity contribution < 1.29 is 18.7 Å². The van der Waals surface area contributed by atoms with Crippen LogP contribution in [0, 0.1) is 5.82 Å². The van der Waals surface area contributed by atoms with Crippen LogP contribution in [0.15, 0.2) is 41.3 Å². The van der Waals surface area contributed by atoms with Crippen LogP contribution in [0.1, 0.15) is 18.9 Å². The fraction of sp³-hybridized carbons (Fsp3) is 0.360. The van der Waals surface area contributed by atoms with Gasteiger partial charge in [0.05, 0.1) is 17.8 Å². The predicted molar refractivity (Wildman–Crippen MR) is 134 cm³/mol. The lowest BCUT2D eigenvalue weighted by Gasteiger charge is -2.25. The Morgan fingerprint density at radius 3 is 2.97 bits per heavy atom. The van der Waals surface area contributed by atoms with Crippen molar-refractivity contribution in [1.82, 2.24) is 19.5 Å². The van der Waals surface area contributed by atoms with Gasteiger partial charge in [-0.2, -0.15) is 10.1 Å². The van der Waals surface area contributed by atoms with Crippen molar-refractivity contribution in [1.29, 1.82) is 0 Å². The van der Waals surface area contributed by atoms with Crippen molar-refractivity contribution in [2.45, 2.75) is 25.5 Å². The molecule has 0 radical (unpaired) electrons. The zero-order chi connectivity index (χ0) is 25.4. The van der Waals surface area contributed by atoms with Gasteiger partial charge in [0.25, 0.3) is 5.91 Å². The molecule has 1 amide bonds. The third-order valence-electron chi connectivity index (χ3n) is 6.50. The number of benzene rings is 1. The number of carbonyl (C=O) groups excluding carboxylic acids is 1. The normalized spacial score (nSPS) is 20.8. The van der Waals surface area contributed by atoms with E-state index in [4.69, 9.17) is 20.2 Å². The first-order valence-corrected chi connectivity index (χ1v) is 11.7. The molecule has 11 heteroatoms. The van der Waals surface area contributed by atoms with Gasteiger partial charge in [0.2, 0.25) is 5.88 Å². The summed E-state index contributed by atoms with van der Waals surface area (Å²) in [5, 5.41) is 7.69. The number of carbonyl (C=O) groups is 1. The van der Waals surface area contributed by atoms with E-state index in [9.17, 15) is 9.18 Å². The fourth-order valence-corrected chi connectivity index (χ4v) is 4.74. The monoisotopic (exact) mass is 493 g/mol. The molecule has 0 unspecified atom stereocenters. The molecule has 1 saturated heterocycles. The van der Waals surface area contributed by atoms with Crippen LogP contribution in [0.2, 0.25) is 0 Å². The lowest BCUT2D eigenvalue weighted by molar-refractivity contribution is -0.136. The number of fused-ring (bicyclic) bond motifs is 5. The molecule has 3 aromatic rings. The zero-order valence-corrected chi connectivity index (χ0v) is 20.4. The summed E-state index contributed by atoms with van der Waals surface area (Å²) in [6.07, 6.45) is 5.01. The molecule has 36 heavy (non-hydrogen) atoms. The lowest BCUT2D eigenvalue weighted by atomic mass is 10.1. The molecule has 2 atom stereocenters. The number of rotatable bonds is 3. The van der Waals surface area contributed by atoms with Gasteiger partial charge in [0.1, 0.15) is 18.5 Å². The average Bonchev–Trinajstić information content (AvgIpc) is 3.40. The van der Waals surface area contributed by atoms with Crippen molar-refractivity contribution in [3.63, 3.8) is 0 Å². The van der Waals surface area contributed by atoms with Crippen LogP contribution in [-0.4, -0.2) is 77.6 Å². The SMILES string of the molecule is CN=C/C(=C(/C)N)c1cn2ncc3c2nc1OC[C@@H]1C[C@@H](OC)C(=O)N1CCNc1cc(F)cc-3c1. The third-order valence-corrected chi connectivity index (χ3v) is 6.50. The number of aliphatic imine (C=N–C) groups is 1. The van der Waals surface area contributed by atoms with E-state index in [1.54, 1.807) is 42.0 Å². The summed E-state index contributed by atoms with van der Waals surface area (Å²) < 4.78 is 27.9. The molecule has 4 bridgehead atoms. The van der Waals surface area contributed by atoms with Gasteiger partial charge in [0.15, 0.2) is 5.65 Å². The maximum atomic E-state index is 14.6. The van der Waals surface area contributed by atoms with E-state index in [-0.39, 0.29) is 18.6 Å². The number of amides is 1. The summed E-state index contributed by atoms with van der Waals surface area (Å²) in [6, 6.07) is 4.47. The average molecular weight is 494 g/mol. The number of ether oxygens (including phenoxy) is 2. The first-order chi connectivity index (χ1) is 17.4. The Bertz CT molecular complexity index is 1380. The van der Waals surface area contributed by atoms with Crippen LogP contribution in [-0.2, 0) is 9.53 Å². The van der Waals surface area contributed by atoms with Gasteiger partial charge in [-0.05, 0) is 30.7 Å². The van der Waals surface area contributed by atoms with Crippen molar-refractivity contribution in [3.05, 3.63) is 47.7 Å². The van der Waals surface area contributed by atoms with Gasteiger partial charge in [-0.3, -0.25) is 9.79 Å². The minimum atomic E-state index is -0.541. The Labute approximate surface area is 207 Å². The Morgan fingerprint density at radius 2 is 2.22 bits per heavy atom. The van der Waals surface area contributed by atoms with Gasteiger partial charge in [0, 0.05) is 68.6 Å². The fourth-order valence-electron chi connectivity index (χ4n) is 4.74. The maximum Gasteiger partial charge on any atom is 0.252 e. The van der Waals surface area contributed by atoms with E-state index >= 15 is 0 Å². The molecule has 2 aliphatic rings. The molecule has 1 fully saturated rings. The molecule has 1 aromatic carbocycles. The summed E-state index contributed by atoms with van der Waals surface area (Å²) in [5.74, 6) is -0.172. The highest BCUT2D eigenvalue weighted by molar-refractivity contribution is 6.11. The van der Waals surface area contributed by atoms with E-state index in [1.165, 1.54) is 19.2 Å². The van der Waals surface area contributed by atoms with E-state index < -0.39 is 11.9 Å². The molecule has 5 rings (SSSR count). The zero-order valence-electron chi connectivity index (χ0n) is 20.4. The molecule has 0 saturated carbocycles. The minimum Gasteiger partial charge on any atom is -0.475 e. The number of halogens is 1. The topological polar surface area (TPSA) is 119 Å². The summed E-state index contributed by atoms with van der Waals surface area (Å²) in [5.41, 5.74) is 10.3. The summed E-state index contributed by atoms with van der Waals surface area (Å²) in [4.78, 5) is 23.6. The second-order valence-corrected chi connectivity index (χ2v) is 8.88. The first kappa shape index (κ1) is 23.7. The van der Waals surface area contributed by atoms with Gasteiger partial charge in [-0.1, -0.05) is 0 Å². The molecule has 4 heterocycles. The van der Waals surface area contributed by atoms with E-state index in [0.717, 1.165) is 0 Å². The number of anilines is 1. The highest BCUT2D eigenvalue weighted by Gasteiger charge is 2.40. The molecule has 2 aromatic heterocycles. The molecular weight excluding hydrogens is 465 g/mol. The molecule has 0 aliphatic carbocycles. The Morgan fingerprint density at radius 1 is 1.39 bits per heavy atom. The Balaban J connectivity index is 1.69. The van der Waals surface area contributed by atoms with Crippen molar-refractivity contribution in [3.8, 4) is 17.0 Å². The summed E-state index contributed by atoms with van der Waals surface area (Å²) in [7, 11) is 3.18. The van der Waals surface area contributed by atoms with Crippen LogP contribution in [0.25, 0.3) is 22.3 Å². The van der Waals surface area contributed by atoms with E-state index in [1.807, 2.05) is 6.07 Å². The predicted octanol–water partition coefficient (Wildman–Crippen LogP) is 2.35. The molecule has 188 valence electrons. The van der Waals surface area contributed by atoms with Crippen LogP contribution >= 0.6 is 0 Å². The third kappa shape index (κ3) is 4.26. The van der Waals surface area contributed by atoms with Crippen LogP contribution < -0.4 is 15.8 Å². The molecule has 10 nitrogen and oxygen atoms in total. The van der Waals surface area contributed by atoms with Gasteiger partial charge in [-0.15, -0.1) is 0 Å². The van der Waals surface area contributed by atoms with Crippen LogP contribution in [0.5, 0.6) is 5.88 Å². The summed E-state index contributed by atoms with van der Waals surface area (Å²) in [6.45, 7) is 2.83. The van der Waals surface area contributed by atoms with Crippen molar-refractivity contribution in [2.75, 3.05) is 39.2 Å². The highest BCUT2D eigenvalue weighted by atomic mass is 19.1. The molecular formula is C25H28FN7O3. The lowest BCUT2D eigenvalue weighted by Crippen LogP contribution is -2.41. The van der Waals surface area contributed by atoms with E-state index in [0.29, 0.717) is 64.7 Å². The van der Waals surface area contributed by atoms with Crippen LogP contribution in [0.3, 0.4) is 0 Å².